The lowest BCUT2D eigenvalue weighted by Crippen LogP contribution is -2.45. The number of halogens is 1. The fraction of sp³-hybridized carbons (Fsp3) is 0.240. The van der Waals surface area contributed by atoms with Crippen LogP contribution in [-0.2, 0) is 5.60 Å². The number of aliphatic hydroxyl groups is 1. The van der Waals surface area contributed by atoms with Crippen LogP contribution >= 0.6 is 0 Å². The molecule has 0 saturated carbocycles. The summed E-state index contributed by atoms with van der Waals surface area (Å²) in [7, 11) is 0. The van der Waals surface area contributed by atoms with Gasteiger partial charge in [-0.05, 0) is 53.1 Å². The monoisotopic (exact) mass is 405 g/mol. The van der Waals surface area contributed by atoms with Gasteiger partial charge < -0.3 is 15.1 Å². The molecule has 1 saturated heterocycles. The Morgan fingerprint density at radius 2 is 1.33 bits per heavy atom. The first-order chi connectivity index (χ1) is 14.5. The molecule has 4 nitrogen and oxygen atoms in total. The van der Waals surface area contributed by atoms with Crippen LogP contribution in [0.1, 0.15) is 24.0 Å². The fourth-order valence-corrected chi connectivity index (χ4v) is 4.38. The number of benzene rings is 3. The van der Waals surface area contributed by atoms with Crippen molar-refractivity contribution in [2.75, 3.05) is 13.1 Å². The van der Waals surface area contributed by atoms with Crippen LogP contribution < -0.4 is 0 Å². The zero-order valence-corrected chi connectivity index (χ0v) is 16.5. The van der Waals surface area contributed by atoms with Crippen molar-refractivity contribution in [2.45, 2.75) is 18.4 Å². The molecule has 154 valence electrons. The van der Waals surface area contributed by atoms with Crippen LogP contribution in [0.25, 0.3) is 11.1 Å². The van der Waals surface area contributed by atoms with E-state index < -0.39 is 11.7 Å². The topological polar surface area (TPSA) is 60.8 Å². The van der Waals surface area contributed by atoms with E-state index in [0.717, 1.165) is 22.3 Å². The molecular formula is C25H24FNO3. The lowest BCUT2D eigenvalue weighted by molar-refractivity contribution is -0.0121. The molecule has 1 heterocycles. The van der Waals surface area contributed by atoms with Crippen LogP contribution in [-0.4, -0.2) is 34.3 Å². The molecule has 3 aromatic rings. The van der Waals surface area contributed by atoms with Crippen molar-refractivity contribution in [3.8, 4) is 11.1 Å². The van der Waals surface area contributed by atoms with Gasteiger partial charge in [0.1, 0.15) is 11.4 Å². The Morgan fingerprint density at radius 3 is 1.87 bits per heavy atom. The van der Waals surface area contributed by atoms with E-state index in [-0.39, 0.29) is 11.7 Å². The normalized spacial score (nSPS) is 16.8. The first-order valence-electron chi connectivity index (χ1n) is 10.1. The van der Waals surface area contributed by atoms with E-state index in [0.29, 0.717) is 25.9 Å². The van der Waals surface area contributed by atoms with E-state index >= 15 is 0 Å². The SMILES string of the molecule is O=C(O)N1CCC(C(O)(c2ccccc2)c2ccc(-c3ccc(F)cc3)cc2)CC1. The number of rotatable bonds is 4. The second kappa shape index (κ2) is 8.28. The van der Waals surface area contributed by atoms with Crippen LogP contribution in [0.5, 0.6) is 0 Å². The van der Waals surface area contributed by atoms with Crippen molar-refractivity contribution in [1.29, 1.82) is 0 Å². The summed E-state index contributed by atoms with van der Waals surface area (Å²) in [5, 5.41) is 21.2. The van der Waals surface area contributed by atoms with Gasteiger partial charge in [-0.1, -0.05) is 66.7 Å². The summed E-state index contributed by atoms with van der Waals surface area (Å²) < 4.78 is 13.2. The Morgan fingerprint density at radius 1 is 0.833 bits per heavy atom. The van der Waals surface area contributed by atoms with Gasteiger partial charge in [0.25, 0.3) is 0 Å². The van der Waals surface area contributed by atoms with Crippen LogP contribution in [0, 0.1) is 11.7 Å². The minimum Gasteiger partial charge on any atom is -0.465 e. The van der Waals surface area contributed by atoms with Crippen molar-refractivity contribution >= 4 is 6.09 Å². The number of carboxylic acid groups (broad SMARTS) is 1. The van der Waals surface area contributed by atoms with Gasteiger partial charge in [0.05, 0.1) is 0 Å². The van der Waals surface area contributed by atoms with Crippen LogP contribution in [0.15, 0.2) is 78.9 Å². The van der Waals surface area contributed by atoms with Gasteiger partial charge in [-0.15, -0.1) is 0 Å². The average Bonchev–Trinajstić information content (AvgIpc) is 2.80. The molecular weight excluding hydrogens is 381 g/mol. The number of nitrogens with zero attached hydrogens (tertiary/aromatic N) is 1. The lowest BCUT2D eigenvalue weighted by atomic mass is 9.72. The molecule has 0 radical (unpaired) electrons. The summed E-state index contributed by atoms with van der Waals surface area (Å²) in [6.45, 7) is 0.811. The number of hydrogen-bond acceptors (Lipinski definition) is 2. The summed E-state index contributed by atoms with van der Waals surface area (Å²) in [6.07, 6.45) is 0.245. The van der Waals surface area contributed by atoms with E-state index in [1.54, 1.807) is 12.1 Å². The number of hydrogen-bond donors (Lipinski definition) is 2. The summed E-state index contributed by atoms with van der Waals surface area (Å²) in [4.78, 5) is 12.7. The highest BCUT2D eigenvalue weighted by atomic mass is 19.1. The summed E-state index contributed by atoms with van der Waals surface area (Å²) in [6, 6.07) is 23.6. The molecule has 3 aromatic carbocycles. The summed E-state index contributed by atoms with van der Waals surface area (Å²) >= 11 is 0. The standard InChI is InChI=1S/C25H24FNO3/c26-23-12-8-19(9-13-23)18-6-10-21(11-7-18)25(30,20-4-2-1-3-5-20)22-14-16-27(17-15-22)24(28)29/h1-13,22,30H,14-17H2,(H,28,29). The third-order valence-corrected chi connectivity index (χ3v) is 6.07. The average molecular weight is 405 g/mol. The molecule has 1 aliphatic rings. The Kier molecular flexibility index (Phi) is 5.55. The zero-order chi connectivity index (χ0) is 21.1. The maximum absolute atomic E-state index is 13.2. The summed E-state index contributed by atoms with van der Waals surface area (Å²) in [5.74, 6) is -0.381. The number of amides is 1. The Bertz CT molecular complexity index is 997. The van der Waals surface area contributed by atoms with Gasteiger partial charge >= 0.3 is 6.09 Å². The molecule has 0 aromatic heterocycles. The minimum absolute atomic E-state index is 0.104. The van der Waals surface area contributed by atoms with Crippen molar-refractivity contribution in [3.05, 3.63) is 95.8 Å². The Balaban J connectivity index is 1.68. The molecule has 0 spiro atoms. The zero-order valence-electron chi connectivity index (χ0n) is 16.5. The molecule has 4 rings (SSSR count). The van der Waals surface area contributed by atoms with Crippen molar-refractivity contribution in [1.82, 2.24) is 4.90 Å². The Hall–Kier alpha value is -3.18. The molecule has 30 heavy (non-hydrogen) atoms. The predicted octanol–water partition coefficient (Wildman–Crippen LogP) is 5.12. The highest BCUT2D eigenvalue weighted by Gasteiger charge is 2.42. The van der Waals surface area contributed by atoms with E-state index in [9.17, 15) is 19.4 Å². The molecule has 0 aliphatic carbocycles. The van der Waals surface area contributed by atoms with Gasteiger partial charge in [0.2, 0.25) is 0 Å². The van der Waals surface area contributed by atoms with E-state index in [2.05, 4.69) is 0 Å². The Labute approximate surface area is 175 Å². The van der Waals surface area contributed by atoms with Gasteiger partial charge in [-0.2, -0.15) is 0 Å². The summed E-state index contributed by atoms with van der Waals surface area (Å²) in [5.41, 5.74) is 2.20. The molecule has 2 N–H and O–H groups in total. The quantitative estimate of drug-likeness (QED) is 0.633. The minimum atomic E-state index is -1.22. The molecule has 1 fully saturated rings. The molecule has 1 amide bonds. The second-order valence-electron chi connectivity index (χ2n) is 7.76. The highest BCUT2D eigenvalue weighted by Crippen LogP contribution is 2.42. The lowest BCUT2D eigenvalue weighted by Gasteiger charge is -2.41. The third-order valence-electron chi connectivity index (χ3n) is 6.07. The predicted molar refractivity (Wildman–Crippen MR) is 114 cm³/mol. The van der Waals surface area contributed by atoms with Crippen LogP contribution in [0.2, 0.25) is 0 Å². The second-order valence-corrected chi connectivity index (χ2v) is 7.76. The number of piperidine rings is 1. The van der Waals surface area contributed by atoms with Crippen LogP contribution in [0.3, 0.4) is 0 Å². The van der Waals surface area contributed by atoms with E-state index in [1.807, 2.05) is 54.6 Å². The maximum Gasteiger partial charge on any atom is 0.407 e. The van der Waals surface area contributed by atoms with Crippen molar-refractivity contribution < 1.29 is 19.4 Å². The molecule has 1 unspecified atom stereocenters. The molecule has 0 bridgehead atoms. The first-order valence-corrected chi connectivity index (χ1v) is 10.1. The smallest absolute Gasteiger partial charge is 0.407 e. The number of likely N-dealkylation sites (tertiary alicyclic amines) is 1. The largest absolute Gasteiger partial charge is 0.465 e. The maximum atomic E-state index is 13.2. The van der Waals surface area contributed by atoms with Gasteiger partial charge in [-0.25, -0.2) is 9.18 Å². The molecule has 1 atom stereocenters. The first kappa shape index (κ1) is 20.1. The van der Waals surface area contributed by atoms with Gasteiger partial charge in [0.15, 0.2) is 0 Å². The molecule has 5 heteroatoms. The van der Waals surface area contributed by atoms with Crippen molar-refractivity contribution in [3.63, 3.8) is 0 Å². The van der Waals surface area contributed by atoms with Gasteiger partial charge in [-0.3, -0.25) is 0 Å². The third kappa shape index (κ3) is 3.81. The van der Waals surface area contributed by atoms with Crippen LogP contribution in [0.4, 0.5) is 9.18 Å². The van der Waals surface area contributed by atoms with E-state index in [1.165, 1.54) is 17.0 Å². The van der Waals surface area contributed by atoms with E-state index in [4.69, 9.17) is 0 Å². The highest BCUT2D eigenvalue weighted by molar-refractivity contribution is 5.65. The van der Waals surface area contributed by atoms with Gasteiger partial charge in [0, 0.05) is 13.1 Å². The molecule has 1 aliphatic heterocycles. The van der Waals surface area contributed by atoms with Crippen molar-refractivity contribution in [2.24, 2.45) is 5.92 Å². The fourth-order valence-electron chi connectivity index (χ4n) is 4.38. The number of carbonyl (C=O) groups is 1.